The number of aromatic amines is 3. The van der Waals surface area contributed by atoms with Crippen LogP contribution in [0.25, 0.3) is 49.4 Å². The summed E-state index contributed by atoms with van der Waals surface area (Å²) in [6, 6.07) is 17.7. The van der Waals surface area contributed by atoms with Crippen LogP contribution in [0.2, 0.25) is 0 Å². The fraction of sp³-hybridized carbons (Fsp3) is 0.476. The van der Waals surface area contributed by atoms with E-state index in [9.17, 15) is 42.9 Å². The molecule has 3 aliphatic carbocycles. The average molecular weight is 1120 g/mol. The number of aromatic nitrogens is 3. The number of nitrogens with one attached hydrogen (secondary N) is 6. The number of likely N-dealkylation sites (N-methyl/N-ethyl adjacent to an activating group) is 3. The summed E-state index contributed by atoms with van der Waals surface area (Å²) in [5, 5.41) is 40.1. The molecule has 18 heteroatoms. The van der Waals surface area contributed by atoms with Gasteiger partial charge in [-0.15, -0.1) is 0 Å². The van der Waals surface area contributed by atoms with Crippen LogP contribution in [0.1, 0.15) is 94.0 Å². The van der Waals surface area contributed by atoms with Crippen molar-refractivity contribution in [3.63, 3.8) is 0 Å². The molecule has 3 aromatic carbocycles. The lowest BCUT2D eigenvalue weighted by Gasteiger charge is -2.40. The monoisotopic (exact) mass is 1120 g/mol. The zero-order valence-electron chi connectivity index (χ0n) is 45.8. The summed E-state index contributed by atoms with van der Waals surface area (Å²) in [7, 11) is 6.03. The number of benzene rings is 3. The number of fused-ring (bicyclic) bond motifs is 6. The highest BCUT2D eigenvalue weighted by Crippen LogP contribution is 2.47. The molecule has 0 saturated heterocycles. The van der Waals surface area contributed by atoms with E-state index in [2.05, 4.69) is 116 Å². The number of halogens is 3. The van der Waals surface area contributed by atoms with E-state index >= 15 is 0 Å². The fourth-order valence-electron chi connectivity index (χ4n) is 12.9. The molecule has 12 rings (SSSR count). The molecular weight excluding hydrogens is 1040 g/mol. The van der Waals surface area contributed by atoms with Crippen molar-refractivity contribution >= 4 is 67.1 Å². The van der Waals surface area contributed by atoms with Gasteiger partial charge < -0.3 is 46.2 Å². The molecule has 9 N–H and O–H groups in total. The Morgan fingerprint density at radius 1 is 0.556 bits per heavy atom. The highest BCUT2D eigenvalue weighted by atomic mass is 19.4. The van der Waals surface area contributed by atoms with Crippen molar-refractivity contribution < 1.29 is 42.9 Å². The maximum absolute atomic E-state index is 13.6. The summed E-state index contributed by atoms with van der Waals surface area (Å²) in [5.41, 5.74) is 11.7. The van der Waals surface area contributed by atoms with Crippen molar-refractivity contribution in [3.8, 4) is 0 Å². The van der Waals surface area contributed by atoms with Crippen LogP contribution in [-0.4, -0.2) is 160 Å². The minimum atomic E-state index is -4.44. The molecule has 3 aromatic heterocycles. The van der Waals surface area contributed by atoms with Gasteiger partial charge in [0, 0.05) is 82.9 Å². The lowest BCUT2D eigenvalue weighted by atomic mass is 9.79. The van der Waals surface area contributed by atoms with E-state index in [1.165, 1.54) is 44.2 Å². The minimum Gasteiger partial charge on any atom is -0.394 e. The summed E-state index contributed by atoms with van der Waals surface area (Å²) < 4.78 is 40.7. The number of nitrogens with zero attached hydrogens (tertiary/aromatic N) is 3. The number of hydrogen-bond donors (Lipinski definition) is 9. The van der Waals surface area contributed by atoms with Gasteiger partial charge in [0.1, 0.15) is 5.69 Å². The first-order chi connectivity index (χ1) is 38.0. The Bertz CT molecular complexity index is 3200. The van der Waals surface area contributed by atoms with E-state index in [4.69, 9.17) is 0 Å². The van der Waals surface area contributed by atoms with Crippen LogP contribution in [0.4, 0.5) is 13.2 Å². The van der Waals surface area contributed by atoms with Crippen molar-refractivity contribution in [2.45, 2.75) is 117 Å². The molecule has 0 unspecified atom stereocenters. The van der Waals surface area contributed by atoms with E-state index in [1.54, 1.807) is 12.1 Å². The third-order valence-electron chi connectivity index (χ3n) is 17.4. The Morgan fingerprint density at radius 2 is 0.901 bits per heavy atom. The molecule has 6 heterocycles. The van der Waals surface area contributed by atoms with Crippen molar-refractivity contribution in [3.05, 3.63) is 124 Å². The summed E-state index contributed by atoms with van der Waals surface area (Å²) in [6.07, 6.45) is 10.3. The largest absolute Gasteiger partial charge is 0.431 e. The first-order valence-electron chi connectivity index (χ1n) is 27.9. The zero-order chi connectivity index (χ0) is 56.0. The molecule has 15 nitrogen and oxygen atoms in total. The maximum Gasteiger partial charge on any atom is 0.431 e. The van der Waals surface area contributed by atoms with Gasteiger partial charge >= 0.3 is 6.18 Å². The predicted octanol–water partition coefficient (Wildman–Crippen LogP) is 8.07. The second kappa shape index (κ2) is 24.9. The van der Waals surface area contributed by atoms with E-state index in [-0.39, 0.29) is 94.8 Å². The van der Waals surface area contributed by atoms with Gasteiger partial charge in [-0.2, -0.15) is 13.2 Å². The lowest BCUT2D eigenvalue weighted by molar-refractivity contribution is -0.141. The van der Waals surface area contributed by atoms with Crippen molar-refractivity contribution in [1.29, 1.82) is 0 Å². The Morgan fingerprint density at radius 3 is 1.25 bits per heavy atom. The van der Waals surface area contributed by atoms with Crippen LogP contribution in [-0.2, 0) is 39.8 Å². The minimum absolute atomic E-state index is 0. The average Bonchev–Trinajstić information content (AvgIpc) is 4.25. The maximum atomic E-state index is 13.6. The van der Waals surface area contributed by atoms with Gasteiger partial charge in [-0.1, -0.05) is 90.3 Å². The first-order valence-corrected chi connectivity index (χ1v) is 27.9. The van der Waals surface area contributed by atoms with Gasteiger partial charge in [-0.05, 0) is 128 Å². The predicted molar refractivity (Wildman–Crippen MR) is 316 cm³/mol. The number of alkyl halides is 3. The van der Waals surface area contributed by atoms with Gasteiger partial charge in [0.05, 0.1) is 55.7 Å². The highest BCUT2D eigenvalue weighted by molar-refractivity contribution is 6.02. The first kappa shape index (κ1) is 60.6. The number of rotatable bonds is 12. The molecule has 3 aliphatic heterocycles. The normalized spacial score (nSPS) is 22.9. The van der Waals surface area contributed by atoms with E-state index in [0.29, 0.717) is 54.6 Å². The standard InChI is InChI=1S/C21H24F3N3O2.2C20H25N3O2.2CH4/c1-3-12(10-28)25-20(29)11-7-14-13-5-4-6-16-18(13)15(8-17(14)27(2)9-11)19(26-16)21(22,23)24;2*1-3-14(11-24)22-20(25)13-7-16-15-5-4-6-17-19(15)12(9-21-17)8-18(16)23(2)10-13;;/h4-7,11-12,17,26,28H,3,8-10H2,1-2H3,(H,25,29);2*4-7,9,13-14,18,21,24H,3,8,10-11H2,1-2H3,(H,22,25);2*1H4/t11-,12+,17-;2*13-,14+,18-;;/m111../s1. The van der Waals surface area contributed by atoms with Crippen LogP contribution in [0.5, 0.6) is 0 Å². The van der Waals surface area contributed by atoms with Gasteiger partial charge in [0.25, 0.3) is 0 Å². The molecule has 0 bridgehead atoms. The molecule has 9 atom stereocenters. The number of carbonyl (C=O) groups excluding carboxylic acids is 3. The smallest absolute Gasteiger partial charge is 0.394 e. The van der Waals surface area contributed by atoms with Crippen LogP contribution < -0.4 is 16.0 Å². The quantitative estimate of drug-likeness (QED) is 0.0581. The Hall–Kier alpha value is -6.54. The Labute approximate surface area is 473 Å². The number of hydrogen-bond acceptors (Lipinski definition) is 9. The third kappa shape index (κ3) is 11.6. The second-order valence-electron chi connectivity index (χ2n) is 22.3. The fourth-order valence-corrected chi connectivity index (χ4v) is 12.9. The Kier molecular flexibility index (Phi) is 18.6. The molecule has 436 valence electrons. The van der Waals surface area contributed by atoms with Crippen LogP contribution in [0.3, 0.4) is 0 Å². The lowest BCUT2D eigenvalue weighted by Crippen LogP contribution is -2.48. The van der Waals surface area contributed by atoms with Crippen LogP contribution in [0.15, 0.2) is 85.2 Å². The summed E-state index contributed by atoms with van der Waals surface area (Å²) in [6.45, 7) is 7.49. The van der Waals surface area contributed by atoms with Gasteiger partial charge in [0.2, 0.25) is 17.7 Å². The van der Waals surface area contributed by atoms with E-state index in [1.807, 2.05) is 44.9 Å². The molecule has 81 heavy (non-hydrogen) atoms. The molecule has 3 amide bonds. The molecule has 6 aromatic rings. The molecule has 0 spiro atoms. The molecular formula is C63H82F3N9O6. The SMILES string of the molecule is C.C.CC[C@@H](CO)NC(=O)[C@@H]1C=C2c3cccc4[nH]c(C(F)(F)F)c(c34)C[C@H]2N(C)C1.CC[C@@H](CO)NC(=O)[C@@H]1C=C2c3cccc4[nH]cc(c34)C[C@H]2N(C)C1.CC[C@@H](CO)NC(=O)[C@@H]1C=C2c3cccc4[nH]cc(c34)C[C@H]2N(C)C1. The number of carbonyl (C=O) groups is 3. The molecule has 0 saturated carbocycles. The zero-order valence-corrected chi connectivity index (χ0v) is 45.8. The van der Waals surface area contributed by atoms with Gasteiger partial charge in [-0.25, -0.2) is 0 Å². The highest BCUT2D eigenvalue weighted by Gasteiger charge is 2.43. The van der Waals surface area contributed by atoms with Crippen molar-refractivity contribution in [1.82, 2.24) is 45.6 Å². The summed E-state index contributed by atoms with van der Waals surface area (Å²) in [5.74, 6) is -0.965. The number of H-pyrrole nitrogens is 3. The molecule has 0 radical (unpaired) electrons. The number of aliphatic hydroxyl groups excluding tert-OH is 3. The van der Waals surface area contributed by atoms with Crippen LogP contribution >= 0.6 is 0 Å². The topological polar surface area (TPSA) is 205 Å². The molecule has 0 fully saturated rings. The Balaban J connectivity index is 0.000000158. The molecule has 6 aliphatic rings. The van der Waals surface area contributed by atoms with Crippen LogP contribution in [0, 0.1) is 17.8 Å². The van der Waals surface area contributed by atoms with Gasteiger partial charge in [0.15, 0.2) is 0 Å². The second-order valence-corrected chi connectivity index (χ2v) is 22.3. The third-order valence-corrected chi connectivity index (χ3v) is 17.4. The van der Waals surface area contributed by atoms with Crippen molar-refractivity contribution in [2.75, 3.05) is 60.6 Å². The summed E-state index contributed by atoms with van der Waals surface area (Å²) >= 11 is 0. The van der Waals surface area contributed by atoms with E-state index < -0.39 is 17.8 Å². The van der Waals surface area contributed by atoms with Gasteiger partial charge in [-0.3, -0.25) is 29.1 Å². The van der Waals surface area contributed by atoms with E-state index in [0.717, 1.165) is 47.9 Å². The number of amides is 3. The number of aliphatic hydroxyl groups is 3. The summed E-state index contributed by atoms with van der Waals surface area (Å²) in [4.78, 5) is 53.9. The van der Waals surface area contributed by atoms with Crippen molar-refractivity contribution in [2.24, 2.45) is 17.8 Å².